The van der Waals surface area contributed by atoms with Crippen molar-refractivity contribution in [2.75, 3.05) is 13.7 Å². The Morgan fingerprint density at radius 3 is 2.50 bits per heavy atom. The van der Waals surface area contributed by atoms with Crippen LogP contribution in [0.3, 0.4) is 0 Å². The van der Waals surface area contributed by atoms with Crippen LogP contribution in [-0.2, 0) is 20.9 Å². The highest BCUT2D eigenvalue weighted by Crippen LogP contribution is 2.33. The van der Waals surface area contributed by atoms with Crippen molar-refractivity contribution in [3.05, 3.63) is 83.4 Å². The summed E-state index contributed by atoms with van der Waals surface area (Å²) in [6.45, 7) is 1.13. The molecule has 1 amide bonds. The molecule has 2 aromatic rings. The normalized spacial score (nSPS) is 16.7. The molecule has 0 aliphatic carbocycles. The van der Waals surface area contributed by atoms with E-state index < -0.39 is 5.97 Å². The lowest BCUT2D eigenvalue weighted by Crippen LogP contribution is -2.37. The fourth-order valence-electron chi connectivity index (χ4n) is 3.06. The van der Waals surface area contributed by atoms with E-state index in [2.05, 4.69) is 29.0 Å². The number of benzene rings is 2. The van der Waals surface area contributed by atoms with Gasteiger partial charge in [-0.3, -0.25) is 4.79 Å². The van der Waals surface area contributed by atoms with Gasteiger partial charge in [0.25, 0.3) is 0 Å². The van der Waals surface area contributed by atoms with Gasteiger partial charge in [0.05, 0.1) is 7.11 Å². The maximum atomic E-state index is 12.4. The largest absolute Gasteiger partial charge is 0.466 e. The van der Waals surface area contributed by atoms with Gasteiger partial charge in [0.2, 0.25) is 5.91 Å². The van der Waals surface area contributed by atoms with Gasteiger partial charge in [-0.05, 0) is 16.7 Å². The zero-order valence-corrected chi connectivity index (χ0v) is 13.5. The molecule has 4 heteroatoms. The fourth-order valence-corrected chi connectivity index (χ4v) is 3.06. The standard InChI is InChI=1S/C20H19NO3/c1-24-20(23)12-11-19(22)21-13-16-9-5-6-10-17(16)18(14-21)15-7-3-2-4-8-15/h2-12,18H,13-14H2,1H3/b12-11+/t18-/m1/s1. The molecule has 3 rings (SSSR count). The highest BCUT2D eigenvalue weighted by atomic mass is 16.5. The molecule has 1 heterocycles. The van der Waals surface area contributed by atoms with Gasteiger partial charge in [-0.15, -0.1) is 0 Å². The van der Waals surface area contributed by atoms with E-state index >= 15 is 0 Å². The van der Waals surface area contributed by atoms with Crippen molar-refractivity contribution in [2.24, 2.45) is 0 Å². The summed E-state index contributed by atoms with van der Waals surface area (Å²) < 4.78 is 4.54. The first-order chi connectivity index (χ1) is 11.7. The van der Waals surface area contributed by atoms with Crippen molar-refractivity contribution in [3.8, 4) is 0 Å². The summed E-state index contributed by atoms with van der Waals surface area (Å²) in [6, 6.07) is 18.4. The zero-order valence-electron chi connectivity index (χ0n) is 13.5. The molecule has 1 aliphatic heterocycles. The minimum atomic E-state index is -0.527. The third kappa shape index (κ3) is 3.38. The lowest BCUT2D eigenvalue weighted by atomic mass is 9.84. The first-order valence-electron chi connectivity index (χ1n) is 7.86. The van der Waals surface area contributed by atoms with Gasteiger partial charge < -0.3 is 9.64 Å². The molecule has 0 fully saturated rings. The van der Waals surface area contributed by atoms with Crippen LogP contribution in [0.2, 0.25) is 0 Å². The van der Waals surface area contributed by atoms with Crippen LogP contribution in [0.25, 0.3) is 0 Å². The number of ether oxygens (including phenoxy) is 1. The molecule has 24 heavy (non-hydrogen) atoms. The number of nitrogens with zero attached hydrogens (tertiary/aromatic N) is 1. The second-order valence-electron chi connectivity index (χ2n) is 5.74. The number of hydrogen-bond acceptors (Lipinski definition) is 3. The van der Waals surface area contributed by atoms with Crippen LogP contribution in [0.4, 0.5) is 0 Å². The number of carbonyl (C=O) groups excluding carboxylic acids is 2. The fraction of sp³-hybridized carbons (Fsp3) is 0.200. The van der Waals surface area contributed by atoms with E-state index in [1.165, 1.54) is 30.4 Å². The van der Waals surface area contributed by atoms with Gasteiger partial charge in [-0.25, -0.2) is 4.79 Å². The lowest BCUT2D eigenvalue weighted by molar-refractivity contribution is -0.135. The SMILES string of the molecule is COC(=O)/C=C/C(=O)N1Cc2ccccc2[C@@H](c2ccccc2)C1. The molecule has 2 aromatic carbocycles. The van der Waals surface area contributed by atoms with Crippen LogP contribution in [0.1, 0.15) is 22.6 Å². The van der Waals surface area contributed by atoms with E-state index in [1.54, 1.807) is 4.90 Å². The van der Waals surface area contributed by atoms with Crippen molar-refractivity contribution in [1.29, 1.82) is 0 Å². The average molecular weight is 321 g/mol. The van der Waals surface area contributed by atoms with Gasteiger partial charge in [-0.1, -0.05) is 54.6 Å². The summed E-state index contributed by atoms with van der Waals surface area (Å²) >= 11 is 0. The molecule has 0 bridgehead atoms. The number of rotatable bonds is 3. The minimum absolute atomic E-state index is 0.131. The average Bonchev–Trinajstić information content (AvgIpc) is 2.65. The highest BCUT2D eigenvalue weighted by Gasteiger charge is 2.28. The molecule has 0 aromatic heterocycles. The van der Waals surface area contributed by atoms with Crippen LogP contribution in [0.5, 0.6) is 0 Å². The molecule has 0 N–H and O–H groups in total. The van der Waals surface area contributed by atoms with Crippen LogP contribution >= 0.6 is 0 Å². The maximum absolute atomic E-state index is 12.4. The maximum Gasteiger partial charge on any atom is 0.330 e. The molecule has 1 aliphatic rings. The number of carbonyl (C=O) groups is 2. The Hall–Kier alpha value is -2.88. The van der Waals surface area contributed by atoms with E-state index in [0.29, 0.717) is 13.1 Å². The second kappa shape index (κ2) is 7.13. The summed E-state index contributed by atoms with van der Waals surface area (Å²) in [5.41, 5.74) is 3.57. The molecule has 0 radical (unpaired) electrons. The molecule has 1 atom stereocenters. The Balaban J connectivity index is 1.89. The number of methoxy groups -OCH3 is 1. The quantitative estimate of drug-likeness (QED) is 0.645. The van der Waals surface area contributed by atoms with Crippen LogP contribution in [0.15, 0.2) is 66.7 Å². The molecular weight excluding hydrogens is 302 g/mol. The zero-order chi connectivity index (χ0) is 16.9. The van der Waals surface area contributed by atoms with Gasteiger partial charge in [0.1, 0.15) is 0 Å². The van der Waals surface area contributed by atoms with Crippen molar-refractivity contribution in [1.82, 2.24) is 4.90 Å². The van der Waals surface area contributed by atoms with Gasteiger partial charge >= 0.3 is 5.97 Å². The Labute approximate surface area is 141 Å². The Kier molecular flexibility index (Phi) is 4.75. The summed E-state index contributed by atoms with van der Waals surface area (Å²) in [5.74, 6) is -0.581. The number of amides is 1. The lowest BCUT2D eigenvalue weighted by Gasteiger charge is -2.34. The molecular formula is C20H19NO3. The van der Waals surface area contributed by atoms with Crippen molar-refractivity contribution < 1.29 is 14.3 Å². The first-order valence-corrected chi connectivity index (χ1v) is 7.86. The smallest absolute Gasteiger partial charge is 0.330 e. The third-order valence-corrected chi connectivity index (χ3v) is 4.27. The molecule has 4 nitrogen and oxygen atoms in total. The highest BCUT2D eigenvalue weighted by molar-refractivity contribution is 5.94. The number of hydrogen-bond donors (Lipinski definition) is 0. The first kappa shape index (κ1) is 16.0. The van der Waals surface area contributed by atoms with Crippen molar-refractivity contribution >= 4 is 11.9 Å². The van der Waals surface area contributed by atoms with E-state index in [-0.39, 0.29) is 11.8 Å². The topological polar surface area (TPSA) is 46.6 Å². The molecule has 0 spiro atoms. The summed E-state index contributed by atoms with van der Waals surface area (Å²) in [4.78, 5) is 25.4. The van der Waals surface area contributed by atoms with E-state index in [1.807, 2.05) is 30.3 Å². The number of esters is 1. The van der Waals surface area contributed by atoms with Crippen LogP contribution < -0.4 is 0 Å². The molecule has 122 valence electrons. The van der Waals surface area contributed by atoms with Gasteiger partial charge in [0.15, 0.2) is 0 Å². The van der Waals surface area contributed by atoms with E-state index in [4.69, 9.17) is 0 Å². The predicted molar refractivity (Wildman–Crippen MR) is 91.3 cm³/mol. The Morgan fingerprint density at radius 1 is 1.04 bits per heavy atom. The van der Waals surface area contributed by atoms with Crippen LogP contribution in [-0.4, -0.2) is 30.4 Å². The monoisotopic (exact) mass is 321 g/mol. The summed E-state index contributed by atoms with van der Waals surface area (Å²) in [5, 5.41) is 0. The second-order valence-corrected chi connectivity index (χ2v) is 5.74. The Bertz CT molecular complexity index is 767. The summed E-state index contributed by atoms with van der Waals surface area (Å²) in [7, 11) is 1.29. The molecule has 0 saturated heterocycles. The molecule has 0 unspecified atom stereocenters. The van der Waals surface area contributed by atoms with Gasteiger partial charge in [-0.2, -0.15) is 0 Å². The van der Waals surface area contributed by atoms with Crippen molar-refractivity contribution in [3.63, 3.8) is 0 Å². The summed E-state index contributed by atoms with van der Waals surface area (Å²) in [6.07, 6.45) is 2.45. The van der Waals surface area contributed by atoms with Crippen molar-refractivity contribution in [2.45, 2.75) is 12.5 Å². The molecule has 0 saturated carbocycles. The number of fused-ring (bicyclic) bond motifs is 1. The van der Waals surface area contributed by atoms with E-state index in [9.17, 15) is 9.59 Å². The van der Waals surface area contributed by atoms with Gasteiger partial charge in [0, 0.05) is 31.2 Å². The minimum Gasteiger partial charge on any atom is -0.466 e. The predicted octanol–water partition coefficient (Wildman–Crippen LogP) is 2.89. The van der Waals surface area contributed by atoms with E-state index in [0.717, 1.165) is 5.56 Å². The van der Waals surface area contributed by atoms with Crippen LogP contribution in [0, 0.1) is 0 Å². The third-order valence-electron chi connectivity index (χ3n) is 4.27. The Morgan fingerprint density at radius 2 is 1.75 bits per heavy atom.